The highest BCUT2D eigenvalue weighted by Crippen LogP contribution is 2.36. The van der Waals surface area contributed by atoms with Crippen LogP contribution in [0.5, 0.6) is 5.75 Å². The lowest BCUT2D eigenvalue weighted by Gasteiger charge is -2.37. The number of hydrogen-bond acceptors (Lipinski definition) is 7. The van der Waals surface area contributed by atoms with Gasteiger partial charge in [0.15, 0.2) is 0 Å². The van der Waals surface area contributed by atoms with Crippen LogP contribution in [-0.2, 0) is 14.3 Å². The molecule has 182 valence electrons. The van der Waals surface area contributed by atoms with Gasteiger partial charge in [-0.15, -0.1) is 0 Å². The first-order valence-corrected chi connectivity index (χ1v) is 11.5. The summed E-state index contributed by atoms with van der Waals surface area (Å²) in [5.41, 5.74) is 4.02. The van der Waals surface area contributed by atoms with E-state index in [-0.39, 0.29) is 12.3 Å². The molecule has 2 aromatic carbocycles. The summed E-state index contributed by atoms with van der Waals surface area (Å²) in [6.07, 6.45) is 1.88. The van der Waals surface area contributed by atoms with E-state index < -0.39 is 5.97 Å². The molecule has 0 saturated carbocycles. The Morgan fingerprint density at radius 2 is 2.03 bits per heavy atom. The van der Waals surface area contributed by atoms with Crippen LogP contribution in [0.25, 0.3) is 0 Å². The van der Waals surface area contributed by atoms with Crippen LogP contribution in [0.1, 0.15) is 43.2 Å². The predicted octanol–water partition coefficient (Wildman–Crippen LogP) is 4.52. The molecule has 0 spiro atoms. The lowest BCUT2D eigenvalue weighted by molar-refractivity contribution is -0.137. The molecule has 1 saturated heterocycles. The number of carboxylic acid groups (broad SMARTS) is 1. The van der Waals surface area contributed by atoms with Crippen LogP contribution in [0.3, 0.4) is 0 Å². The molecule has 8 heteroatoms. The number of carboxylic acids is 1. The van der Waals surface area contributed by atoms with Gasteiger partial charge in [0.25, 0.3) is 0 Å². The van der Waals surface area contributed by atoms with Crippen LogP contribution in [0, 0.1) is 11.3 Å². The van der Waals surface area contributed by atoms with Crippen molar-refractivity contribution in [2.75, 3.05) is 50.8 Å². The summed E-state index contributed by atoms with van der Waals surface area (Å²) < 4.78 is 16.3. The normalized spacial score (nSPS) is 14.8. The molecule has 1 aliphatic heterocycles. The van der Waals surface area contributed by atoms with E-state index in [1.807, 2.05) is 18.2 Å². The molecule has 1 fully saturated rings. The average Bonchev–Trinajstić information content (AvgIpc) is 2.85. The molecule has 1 aliphatic rings. The maximum Gasteiger partial charge on any atom is 0.304 e. The number of nitrogens with one attached hydrogen (secondary N) is 1. The molecular formula is C26H33N3O5. The quantitative estimate of drug-likeness (QED) is 0.497. The van der Waals surface area contributed by atoms with Gasteiger partial charge >= 0.3 is 5.97 Å². The summed E-state index contributed by atoms with van der Waals surface area (Å²) in [4.78, 5) is 13.8. The molecule has 0 aromatic heterocycles. The van der Waals surface area contributed by atoms with Gasteiger partial charge in [0.2, 0.25) is 0 Å². The number of benzene rings is 2. The van der Waals surface area contributed by atoms with Gasteiger partial charge in [0.05, 0.1) is 37.1 Å². The van der Waals surface area contributed by atoms with Gasteiger partial charge in [-0.2, -0.15) is 5.26 Å². The monoisotopic (exact) mass is 467 g/mol. The standard InChI is InChI=1S/C26H33N3O5/c1-4-29(22-9-11-34-12-10-22)24-8-6-18(20(17-32-2)14-26(30)31)13-23(24)28-21-7-5-19(16-27)25(15-21)33-3/h5-8,13,15,20,22,28H,4,9-12,14,17H2,1-3H3,(H,30,31)/t20-/m0/s1. The minimum absolute atomic E-state index is 0.0191. The first-order chi connectivity index (χ1) is 16.5. The van der Waals surface area contributed by atoms with Crippen LogP contribution in [0.2, 0.25) is 0 Å². The summed E-state index contributed by atoms with van der Waals surface area (Å²) in [6.45, 7) is 4.75. The van der Waals surface area contributed by atoms with Gasteiger partial charge in [0.1, 0.15) is 11.8 Å². The van der Waals surface area contributed by atoms with E-state index in [1.165, 1.54) is 7.11 Å². The number of ether oxygens (including phenoxy) is 3. The minimum Gasteiger partial charge on any atom is -0.495 e. The topological polar surface area (TPSA) is 104 Å². The second kappa shape index (κ2) is 12.3. The fraction of sp³-hybridized carbons (Fsp3) is 0.462. The number of methoxy groups -OCH3 is 2. The summed E-state index contributed by atoms with van der Waals surface area (Å²) in [5.74, 6) is -0.647. The maximum absolute atomic E-state index is 11.5. The molecule has 2 aromatic rings. The van der Waals surface area contributed by atoms with Gasteiger partial charge in [-0.25, -0.2) is 0 Å². The van der Waals surface area contributed by atoms with Crippen molar-refractivity contribution in [1.29, 1.82) is 5.26 Å². The van der Waals surface area contributed by atoms with Crippen molar-refractivity contribution in [3.8, 4) is 11.8 Å². The molecular weight excluding hydrogens is 434 g/mol. The number of rotatable bonds is 11. The third-order valence-corrected chi connectivity index (χ3v) is 6.16. The van der Waals surface area contributed by atoms with Crippen LogP contribution in [-0.4, -0.2) is 57.7 Å². The van der Waals surface area contributed by atoms with Crippen LogP contribution in [0.4, 0.5) is 17.1 Å². The zero-order chi connectivity index (χ0) is 24.5. The Labute approximate surface area is 201 Å². The molecule has 0 bridgehead atoms. The smallest absolute Gasteiger partial charge is 0.304 e. The fourth-order valence-corrected chi connectivity index (χ4v) is 4.48. The Morgan fingerprint density at radius 1 is 1.26 bits per heavy atom. The number of nitrogens with zero attached hydrogens (tertiary/aromatic N) is 2. The number of hydrogen-bond donors (Lipinski definition) is 2. The molecule has 0 radical (unpaired) electrons. The molecule has 1 heterocycles. The third kappa shape index (κ3) is 6.19. The highest BCUT2D eigenvalue weighted by Gasteiger charge is 2.24. The molecule has 34 heavy (non-hydrogen) atoms. The van der Waals surface area contributed by atoms with Crippen molar-refractivity contribution in [2.45, 2.75) is 38.1 Å². The van der Waals surface area contributed by atoms with Crippen molar-refractivity contribution in [3.63, 3.8) is 0 Å². The highest BCUT2D eigenvalue weighted by molar-refractivity contribution is 5.78. The largest absolute Gasteiger partial charge is 0.495 e. The van der Waals surface area contributed by atoms with E-state index in [4.69, 9.17) is 14.2 Å². The summed E-state index contributed by atoms with van der Waals surface area (Å²) >= 11 is 0. The molecule has 0 unspecified atom stereocenters. The highest BCUT2D eigenvalue weighted by atomic mass is 16.5. The average molecular weight is 468 g/mol. The summed E-state index contributed by atoms with van der Waals surface area (Å²) in [6, 6.07) is 13.9. The molecule has 2 N–H and O–H groups in total. The first-order valence-electron chi connectivity index (χ1n) is 11.5. The van der Waals surface area contributed by atoms with E-state index in [9.17, 15) is 15.2 Å². The second-order valence-electron chi connectivity index (χ2n) is 8.31. The number of nitriles is 1. The SMILES string of the molecule is CCN(c1ccc([C@H](COC)CC(=O)O)cc1Nc1ccc(C#N)c(OC)c1)C1CCOCC1. The Bertz CT molecular complexity index is 1010. The minimum atomic E-state index is -0.866. The van der Waals surface area contributed by atoms with Gasteiger partial charge < -0.3 is 29.5 Å². The zero-order valence-electron chi connectivity index (χ0n) is 20.0. The number of aliphatic carboxylic acids is 1. The van der Waals surface area contributed by atoms with Gasteiger partial charge in [-0.3, -0.25) is 4.79 Å². The maximum atomic E-state index is 11.5. The Kier molecular flexibility index (Phi) is 9.14. The fourth-order valence-electron chi connectivity index (χ4n) is 4.48. The lowest BCUT2D eigenvalue weighted by atomic mass is 9.94. The Morgan fingerprint density at radius 3 is 2.65 bits per heavy atom. The van der Waals surface area contributed by atoms with Gasteiger partial charge in [-0.1, -0.05) is 6.07 Å². The van der Waals surface area contributed by atoms with Crippen molar-refractivity contribution >= 4 is 23.0 Å². The van der Waals surface area contributed by atoms with E-state index in [2.05, 4.69) is 29.3 Å². The van der Waals surface area contributed by atoms with Gasteiger partial charge in [-0.05, 0) is 49.6 Å². The first kappa shape index (κ1) is 25.3. The second-order valence-corrected chi connectivity index (χ2v) is 8.31. The Hall–Kier alpha value is -3.28. The van der Waals surface area contributed by atoms with Crippen LogP contribution >= 0.6 is 0 Å². The molecule has 1 atom stereocenters. The molecule has 8 nitrogen and oxygen atoms in total. The van der Waals surface area contributed by atoms with Crippen molar-refractivity contribution < 1.29 is 24.1 Å². The van der Waals surface area contributed by atoms with Crippen LogP contribution < -0.4 is 15.0 Å². The van der Waals surface area contributed by atoms with E-state index in [0.717, 1.165) is 55.2 Å². The third-order valence-electron chi connectivity index (χ3n) is 6.16. The summed E-state index contributed by atoms with van der Waals surface area (Å²) in [5, 5.41) is 22.2. The van der Waals surface area contributed by atoms with Crippen molar-refractivity contribution in [3.05, 3.63) is 47.5 Å². The summed E-state index contributed by atoms with van der Waals surface area (Å²) in [7, 11) is 3.12. The van der Waals surface area contributed by atoms with Crippen molar-refractivity contribution in [2.24, 2.45) is 0 Å². The zero-order valence-corrected chi connectivity index (χ0v) is 20.0. The van der Waals surface area contributed by atoms with Gasteiger partial charge in [0, 0.05) is 50.6 Å². The van der Waals surface area contributed by atoms with Crippen LogP contribution in [0.15, 0.2) is 36.4 Å². The molecule has 0 aliphatic carbocycles. The molecule has 3 rings (SSSR count). The predicted molar refractivity (Wildman–Crippen MR) is 131 cm³/mol. The lowest BCUT2D eigenvalue weighted by Crippen LogP contribution is -2.39. The van der Waals surface area contributed by atoms with Crippen molar-refractivity contribution in [1.82, 2.24) is 0 Å². The Balaban J connectivity index is 2.04. The molecule has 0 amide bonds. The number of carbonyl (C=O) groups is 1. The van der Waals surface area contributed by atoms with E-state index in [1.54, 1.807) is 19.2 Å². The van der Waals surface area contributed by atoms with E-state index in [0.29, 0.717) is 24.0 Å². The van der Waals surface area contributed by atoms with E-state index >= 15 is 0 Å². The number of anilines is 3.